The summed E-state index contributed by atoms with van der Waals surface area (Å²) in [6.07, 6.45) is 0. The van der Waals surface area contributed by atoms with Crippen LogP contribution in [-0.2, 0) is 16.1 Å². The van der Waals surface area contributed by atoms with Crippen molar-refractivity contribution in [3.05, 3.63) is 29.8 Å². The van der Waals surface area contributed by atoms with Gasteiger partial charge in [-0.25, -0.2) is 9.59 Å². The Bertz CT molecular complexity index is 437. The molecule has 0 aliphatic rings. The minimum absolute atomic E-state index is 0.859. The second-order valence-electron chi connectivity index (χ2n) is 4.40. The minimum atomic E-state index is -1.82. The highest BCUT2D eigenvalue weighted by Gasteiger charge is 2.04. The number of likely N-dealkylation sites (N-methyl/N-ethyl adjacent to an activating group) is 1. The van der Waals surface area contributed by atoms with Gasteiger partial charge in [0.2, 0.25) is 0 Å². The molecule has 1 aromatic carbocycles. The first kappa shape index (κ1) is 18.9. The van der Waals surface area contributed by atoms with E-state index in [0.29, 0.717) is 0 Å². The summed E-state index contributed by atoms with van der Waals surface area (Å²) in [7, 11) is 5.86. The Morgan fingerprint density at radius 2 is 1.76 bits per heavy atom. The summed E-state index contributed by atoms with van der Waals surface area (Å²) >= 11 is 0. The van der Waals surface area contributed by atoms with Crippen molar-refractivity contribution >= 4 is 11.9 Å². The molecule has 7 heteroatoms. The van der Waals surface area contributed by atoms with Crippen LogP contribution >= 0.6 is 0 Å². The first-order chi connectivity index (χ1) is 9.88. The molecule has 0 fully saturated rings. The molecule has 0 aromatic heterocycles. The van der Waals surface area contributed by atoms with Crippen LogP contribution in [0, 0.1) is 0 Å². The van der Waals surface area contributed by atoms with Gasteiger partial charge in [-0.2, -0.15) is 0 Å². The van der Waals surface area contributed by atoms with Crippen LogP contribution in [0.1, 0.15) is 5.56 Å². The fraction of sp³-hybridized carbons (Fsp3) is 0.429. The number of para-hydroxylation sites is 1. The molecule has 118 valence electrons. The third-order valence-electron chi connectivity index (χ3n) is 2.43. The number of aliphatic carboxylic acids is 2. The first-order valence-electron chi connectivity index (χ1n) is 6.32. The van der Waals surface area contributed by atoms with E-state index in [1.54, 1.807) is 7.11 Å². The summed E-state index contributed by atoms with van der Waals surface area (Å²) in [6.45, 7) is 2.90. The Kier molecular flexibility index (Phi) is 9.57. The number of ether oxygens (including phenoxy) is 1. The normalized spacial score (nSPS) is 9.71. The molecule has 0 heterocycles. The molecule has 0 amide bonds. The number of rotatable bonds is 6. The van der Waals surface area contributed by atoms with E-state index in [0.717, 1.165) is 25.4 Å². The van der Waals surface area contributed by atoms with Gasteiger partial charge in [-0.1, -0.05) is 18.2 Å². The Labute approximate surface area is 124 Å². The number of benzene rings is 1. The summed E-state index contributed by atoms with van der Waals surface area (Å²) < 4.78 is 5.27. The number of hydrogen-bond donors (Lipinski definition) is 3. The van der Waals surface area contributed by atoms with Gasteiger partial charge in [0.1, 0.15) is 5.75 Å². The molecule has 0 saturated heterocycles. The quantitative estimate of drug-likeness (QED) is 0.519. The number of carboxylic acid groups (broad SMARTS) is 2. The van der Waals surface area contributed by atoms with Crippen LogP contribution in [0.3, 0.4) is 0 Å². The third kappa shape index (κ3) is 9.42. The lowest BCUT2D eigenvalue weighted by Crippen LogP contribution is -2.26. The van der Waals surface area contributed by atoms with Crippen molar-refractivity contribution < 1.29 is 24.5 Å². The van der Waals surface area contributed by atoms with E-state index in [1.165, 1.54) is 5.56 Å². The van der Waals surface area contributed by atoms with Gasteiger partial charge in [0.05, 0.1) is 7.11 Å². The molecule has 7 nitrogen and oxygen atoms in total. The highest BCUT2D eigenvalue weighted by atomic mass is 16.5. The fourth-order valence-corrected chi connectivity index (χ4v) is 1.37. The van der Waals surface area contributed by atoms with E-state index in [1.807, 2.05) is 18.2 Å². The lowest BCUT2D eigenvalue weighted by molar-refractivity contribution is -0.159. The van der Waals surface area contributed by atoms with Crippen molar-refractivity contribution in [3.63, 3.8) is 0 Å². The molecule has 0 bridgehead atoms. The predicted molar refractivity (Wildman–Crippen MR) is 78.5 cm³/mol. The topological polar surface area (TPSA) is 99.1 Å². The standard InChI is InChI=1S/C12H20N2O.C2H2O4/c1-14(2)9-8-13-10-11-6-4-5-7-12(11)15-3;3-1(4)2(5)6/h4-7,13H,8-10H2,1-3H3;(H,3,4)(H,5,6). The molecule has 0 radical (unpaired) electrons. The van der Waals surface area contributed by atoms with Gasteiger partial charge in [0.15, 0.2) is 0 Å². The number of nitrogens with one attached hydrogen (secondary N) is 1. The highest BCUT2D eigenvalue weighted by Crippen LogP contribution is 2.16. The first-order valence-corrected chi connectivity index (χ1v) is 6.32. The largest absolute Gasteiger partial charge is 0.496 e. The second kappa shape index (κ2) is 10.6. The van der Waals surface area contributed by atoms with Gasteiger partial charge in [-0.3, -0.25) is 0 Å². The zero-order chi connectivity index (χ0) is 16.3. The Morgan fingerprint density at radius 3 is 2.24 bits per heavy atom. The number of carboxylic acids is 2. The lowest BCUT2D eigenvalue weighted by Gasteiger charge is -2.12. The Morgan fingerprint density at radius 1 is 1.19 bits per heavy atom. The molecular weight excluding hydrogens is 276 g/mol. The van der Waals surface area contributed by atoms with E-state index in [9.17, 15) is 0 Å². The summed E-state index contributed by atoms with van der Waals surface area (Å²) in [4.78, 5) is 20.4. The SMILES string of the molecule is COc1ccccc1CNCCN(C)C.O=C(O)C(=O)O. The van der Waals surface area contributed by atoms with Crippen LogP contribution in [-0.4, -0.2) is 61.3 Å². The highest BCUT2D eigenvalue weighted by molar-refractivity contribution is 6.27. The van der Waals surface area contributed by atoms with Crippen molar-refractivity contribution in [2.45, 2.75) is 6.54 Å². The Hall–Kier alpha value is -2.12. The molecule has 0 saturated carbocycles. The maximum absolute atomic E-state index is 9.10. The Balaban J connectivity index is 0.000000567. The molecule has 0 aliphatic heterocycles. The van der Waals surface area contributed by atoms with Gasteiger partial charge in [0.25, 0.3) is 0 Å². The molecule has 3 N–H and O–H groups in total. The van der Waals surface area contributed by atoms with Gasteiger partial charge in [-0.05, 0) is 20.2 Å². The predicted octanol–water partition coefficient (Wildman–Crippen LogP) is 0.502. The van der Waals surface area contributed by atoms with Crippen LogP contribution in [0.2, 0.25) is 0 Å². The average molecular weight is 298 g/mol. The van der Waals surface area contributed by atoms with Crippen LogP contribution in [0.15, 0.2) is 24.3 Å². The number of nitrogens with zero attached hydrogens (tertiary/aromatic N) is 1. The van der Waals surface area contributed by atoms with Crippen molar-refractivity contribution in [3.8, 4) is 5.75 Å². The van der Waals surface area contributed by atoms with E-state index in [-0.39, 0.29) is 0 Å². The molecule has 0 spiro atoms. The zero-order valence-electron chi connectivity index (χ0n) is 12.5. The van der Waals surface area contributed by atoms with Crippen LogP contribution in [0.25, 0.3) is 0 Å². The summed E-state index contributed by atoms with van der Waals surface area (Å²) in [5.41, 5.74) is 1.21. The maximum atomic E-state index is 9.10. The van der Waals surface area contributed by atoms with Crippen LogP contribution in [0.5, 0.6) is 5.75 Å². The van der Waals surface area contributed by atoms with Crippen molar-refractivity contribution in [2.24, 2.45) is 0 Å². The smallest absolute Gasteiger partial charge is 0.414 e. The number of methoxy groups -OCH3 is 1. The molecule has 0 aliphatic carbocycles. The van der Waals surface area contributed by atoms with E-state index < -0.39 is 11.9 Å². The molecule has 0 unspecified atom stereocenters. The number of carbonyl (C=O) groups is 2. The fourth-order valence-electron chi connectivity index (χ4n) is 1.37. The lowest BCUT2D eigenvalue weighted by atomic mass is 10.2. The summed E-state index contributed by atoms with van der Waals surface area (Å²) in [5, 5.41) is 18.2. The molecular formula is C14H22N2O5. The van der Waals surface area contributed by atoms with Crippen LogP contribution in [0.4, 0.5) is 0 Å². The zero-order valence-corrected chi connectivity index (χ0v) is 12.5. The molecule has 0 atom stereocenters. The van der Waals surface area contributed by atoms with E-state index >= 15 is 0 Å². The van der Waals surface area contributed by atoms with Crippen molar-refractivity contribution in [1.82, 2.24) is 10.2 Å². The van der Waals surface area contributed by atoms with E-state index in [4.69, 9.17) is 24.5 Å². The maximum Gasteiger partial charge on any atom is 0.414 e. The van der Waals surface area contributed by atoms with Gasteiger partial charge >= 0.3 is 11.9 Å². The van der Waals surface area contributed by atoms with Crippen molar-refractivity contribution in [1.29, 1.82) is 0 Å². The van der Waals surface area contributed by atoms with E-state index in [2.05, 4.69) is 30.4 Å². The van der Waals surface area contributed by atoms with Crippen molar-refractivity contribution in [2.75, 3.05) is 34.3 Å². The number of hydrogen-bond acceptors (Lipinski definition) is 5. The van der Waals surface area contributed by atoms with Gasteiger partial charge < -0.3 is 25.2 Å². The molecule has 1 aromatic rings. The van der Waals surface area contributed by atoms with Crippen LogP contribution < -0.4 is 10.1 Å². The minimum Gasteiger partial charge on any atom is -0.496 e. The monoisotopic (exact) mass is 298 g/mol. The van der Waals surface area contributed by atoms with Gasteiger partial charge in [-0.15, -0.1) is 0 Å². The average Bonchev–Trinajstić information content (AvgIpc) is 2.44. The molecule has 1 rings (SSSR count). The molecule has 21 heavy (non-hydrogen) atoms. The second-order valence-corrected chi connectivity index (χ2v) is 4.40. The van der Waals surface area contributed by atoms with Gasteiger partial charge in [0, 0.05) is 25.2 Å². The summed E-state index contributed by atoms with van der Waals surface area (Å²) in [5.74, 6) is -2.69. The summed E-state index contributed by atoms with van der Waals surface area (Å²) in [6, 6.07) is 8.10. The third-order valence-corrected chi connectivity index (χ3v) is 2.43.